The number of likely N-dealkylation sites (N-methyl/N-ethyl adjacent to an activating group) is 1. The van der Waals surface area contributed by atoms with E-state index in [-0.39, 0.29) is 25.3 Å². The molecule has 0 aromatic carbocycles. The summed E-state index contributed by atoms with van der Waals surface area (Å²) in [4.78, 5) is 38.2. The van der Waals surface area contributed by atoms with Gasteiger partial charge in [-0.05, 0) is 13.8 Å². The van der Waals surface area contributed by atoms with E-state index < -0.39 is 24.8 Å². The number of hydrogen-bond acceptors (Lipinski definition) is 3. The Kier molecular flexibility index (Phi) is 3.66. The van der Waals surface area contributed by atoms with Gasteiger partial charge in [0.2, 0.25) is 17.7 Å². The van der Waals surface area contributed by atoms with Gasteiger partial charge in [-0.1, -0.05) is 0 Å². The smallest absolute Gasteiger partial charge is 0.243 e. The maximum Gasteiger partial charge on any atom is 0.243 e. The summed E-state index contributed by atoms with van der Waals surface area (Å²) in [6.07, 6.45) is -0.405. The normalized spacial score (nSPS) is 23.6. The molecule has 0 aromatic rings. The molecule has 1 rings (SSSR count). The molecule has 6 nitrogen and oxygen atoms in total. The molecular weight excluding hydrogens is 234 g/mol. The number of carbonyl (C=O) groups excluding carboxylic acids is 3. The maximum atomic E-state index is 12.1. The minimum atomic E-state index is -2.74. The number of rotatable bonds is 4. The highest BCUT2D eigenvalue weighted by molar-refractivity contribution is 5.93. The second kappa shape index (κ2) is 6.37. The molecule has 0 radical (unpaired) electrons. The van der Waals surface area contributed by atoms with Crippen molar-refractivity contribution in [3.63, 3.8) is 0 Å². The Morgan fingerprint density at radius 3 is 2.72 bits per heavy atom. The lowest BCUT2D eigenvalue weighted by atomic mass is 10.1. The molecule has 0 spiro atoms. The zero-order chi connectivity index (χ0) is 16.2. The van der Waals surface area contributed by atoms with Gasteiger partial charge in [0.05, 0.1) is 6.42 Å². The summed E-state index contributed by atoms with van der Waals surface area (Å²) in [5.74, 6) is -1.59. The second-order valence-electron chi connectivity index (χ2n) is 4.09. The van der Waals surface area contributed by atoms with Crippen molar-refractivity contribution in [3.05, 3.63) is 0 Å². The highest BCUT2D eigenvalue weighted by Crippen LogP contribution is 2.10. The van der Waals surface area contributed by atoms with E-state index in [9.17, 15) is 14.4 Å². The molecule has 1 aliphatic rings. The topological polar surface area (TPSA) is 69.7 Å². The molecule has 102 valence electrons. The molecule has 0 bridgehead atoms. The molecule has 1 saturated heterocycles. The third kappa shape index (κ3) is 3.21. The first-order chi connectivity index (χ1) is 9.72. The van der Waals surface area contributed by atoms with Crippen molar-refractivity contribution in [2.24, 2.45) is 0 Å². The van der Waals surface area contributed by atoms with Gasteiger partial charge in [0.25, 0.3) is 0 Å². The Morgan fingerprint density at radius 1 is 1.50 bits per heavy atom. The van der Waals surface area contributed by atoms with E-state index in [0.717, 1.165) is 0 Å². The third-order valence-electron chi connectivity index (χ3n) is 3.01. The van der Waals surface area contributed by atoms with Crippen molar-refractivity contribution >= 4 is 17.7 Å². The Bertz CT molecular complexity index is 422. The first kappa shape index (κ1) is 10.3. The molecule has 1 fully saturated rings. The van der Waals surface area contributed by atoms with Crippen LogP contribution in [0.3, 0.4) is 0 Å². The Balaban J connectivity index is 3.03. The molecule has 1 aliphatic heterocycles. The summed E-state index contributed by atoms with van der Waals surface area (Å²) < 4.78 is 22.3. The Morgan fingerprint density at radius 2 is 2.17 bits per heavy atom. The second-order valence-corrected chi connectivity index (χ2v) is 4.09. The molecule has 1 atom stereocenters. The van der Waals surface area contributed by atoms with E-state index in [4.69, 9.17) is 4.11 Å². The van der Waals surface area contributed by atoms with Crippen LogP contribution < -0.4 is 5.32 Å². The Hall–Kier alpha value is -1.59. The summed E-state index contributed by atoms with van der Waals surface area (Å²) >= 11 is 0. The van der Waals surface area contributed by atoms with Gasteiger partial charge in [0.15, 0.2) is 0 Å². The fourth-order valence-corrected chi connectivity index (χ4v) is 1.88. The minimum absolute atomic E-state index is 0.0832. The van der Waals surface area contributed by atoms with Crippen LogP contribution in [-0.4, -0.2) is 60.2 Å². The van der Waals surface area contributed by atoms with Crippen molar-refractivity contribution in [2.45, 2.75) is 32.7 Å². The molecule has 18 heavy (non-hydrogen) atoms. The third-order valence-corrected chi connectivity index (χ3v) is 3.01. The molecule has 0 aliphatic carbocycles. The molecule has 1 heterocycles. The predicted octanol–water partition coefficient (Wildman–Crippen LogP) is -0.408. The SMILES string of the molecule is [2H]C([2H])([2H])N1C(=O)CCNC(=O)[C@@H]1CC(=O)N(CC)CC. The van der Waals surface area contributed by atoms with Crippen LogP contribution >= 0.6 is 0 Å². The van der Waals surface area contributed by atoms with E-state index in [1.54, 1.807) is 13.8 Å². The largest absolute Gasteiger partial charge is 0.354 e. The van der Waals surface area contributed by atoms with Gasteiger partial charge in [-0.25, -0.2) is 0 Å². The number of amides is 3. The number of carbonyl (C=O) groups is 3. The van der Waals surface area contributed by atoms with Gasteiger partial charge in [-0.3, -0.25) is 14.4 Å². The van der Waals surface area contributed by atoms with Crippen molar-refractivity contribution in [1.82, 2.24) is 15.1 Å². The summed E-state index contributed by atoms with van der Waals surface area (Å²) in [5, 5.41) is 2.49. The summed E-state index contributed by atoms with van der Waals surface area (Å²) in [5.41, 5.74) is 0. The number of hydrogen-bond donors (Lipinski definition) is 1. The van der Waals surface area contributed by atoms with Crippen LogP contribution in [0.4, 0.5) is 0 Å². The zero-order valence-corrected chi connectivity index (χ0v) is 10.7. The van der Waals surface area contributed by atoms with Gasteiger partial charge in [-0.15, -0.1) is 0 Å². The van der Waals surface area contributed by atoms with Crippen molar-refractivity contribution in [2.75, 3.05) is 26.6 Å². The highest BCUT2D eigenvalue weighted by atomic mass is 16.2. The van der Waals surface area contributed by atoms with Gasteiger partial charge in [0, 0.05) is 37.1 Å². The highest BCUT2D eigenvalue weighted by Gasteiger charge is 2.32. The fourth-order valence-electron chi connectivity index (χ4n) is 1.88. The first-order valence-electron chi connectivity index (χ1n) is 7.60. The van der Waals surface area contributed by atoms with Gasteiger partial charge >= 0.3 is 0 Å². The van der Waals surface area contributed by atoms with Crippen LogP contribution in [0.1, 0.15) is 30.8 Å². The van der Waals surface area contributed by atoms with Gasteiger partial charge in [0.1, 0.15) is 6.04 Å². The molecule has 3 amide bonds. The van der Waals surface area contributed by atoms with Crippen LogP contribution in [0, 0.1) is 0 Å². The Labute approximate surface area is 112 Å². The molecule has 6 heteroatoms. The van der Waals surface area contributed by atoms with Gasteiger partial charge in [-0.2, -0.15) is 0 Å². The van der Waals surface area contributed by atoms with Crippen molar-refractivity contribution in [1.29, 1.82) is 0 Å². The maximum absolute atomic E-state index is 12.1. The number of nitrogens with one attached hydrogen (secondary N) is 1. The average molecular weight is 258 g/mol. The van der Waals surface area contributed by atoms with E-state index in [1.165, 1.54) is 4.90 Å². The van der Waals surface area contributed by atoms with Crippen LogP contribution in [0.25, 0.3) is 0 Å². The number of nitrogens with zero attached hydrogens (tertiary/aromatic N) is 2. The lowest BCUT2D eigenvalue weighted by Gasteiger charge is -2.26. The van der Waals surface area contributed by atoms with E-state index in [0.29, 0.717) is 18.0 Å². The van der Waals surface area contributed by atoms with Crippen LogP contribution in [-0.2, 0) is 14.4 Å². The molecular formula is C12H21N3O3. The van der Waals surface area contributed by atoms with Crippen LogP contribution in [0.2, 0.25) is 0 Å². The van der Waals surface area contributed by atoms with Crippen LogP contribution in [0.15, 0.2) is 0 Å². The fraction of sp³-hybridized carbons (Fsp3) is 0.750. The van der Waals surface area contributed by atoms with Gasteiger partial charge < -0.3 is 15.1 Å². The lowest BCUT2D eigenvalue weighted by molar-refractivity contribution is -0.141. The van der Waals surface area contributed by atoms with Crippen molar-refractivity contribution < 1.29 is 18.5 Å². The molecule has 1 N–H and O–H groups in total. The molecule has 0 unspecified atom stereocenters. The minimum Gasteiger partial charge on any atom is -0.354 e. The van der Waals surface area contributed by atoms with E-state index in [1.807, 2.05) is 0 Å². The summed E-state index contributed by atoms with van der Waals surface area (Å²) in [6, 6.07) is -1.29. The lowest BCUT2D eigenvalue weighted by Crippen LogP contribution is -2.47. The van der Waals surface area contributed by atoms with E-state index in [2.05, 4.69) is 5.32 Å². The van der Waals surface area contributed by atoms with Crippen LogP contribution in [0.5, 0.6) is 0 Å². The quantitative estimate of drug-likeness (QED) is 0.745. The molecule has 0 saturated carbocycles. The first-order valence-corrected chi connectivity index (χ1v) is 6.10. The zero-order valence-electron chi connectivity index (χ0n) is 13.7. The average Bonchev–Trinajstić information content (AvgIpc) is 2.50. The standard InChI is InChI=1S/C12H21N3O3/c1-4-15(5-2)11(17)8-9-12(18)13-7-6-10(16)14(9)3/h9H,4-8H2,1-3H3,(H,13,18)/t9-/m0/s1/i3D3. The predicted molar refractivity (Wildman–Crippen MR) is 66.7 cm³/mol. The van der Waals surface area contributed by atoms with Crippen molar-refractivity contribution in [3.8, 4) is 0 Å². The monoisotopic (exact) mass is 258 g/mol. The van der Waals surface area contributed by atoms with E-state index >= 15 is 0 Å². The molecule has 0 aromatic heterocycles. The summed E-state index contributed by atoms with van der Waals surface area (Å²) in [6.45, 7) is 1.85. The summed E-state index contributed by atoms with van der Waals surface area (Å²) in [7, 11) is 0.